The average molecular weight is 424 g/mol. The molecule has 0 aliphatic heterocycles. The normalized spacial score (nSPS) is 10.6. The first kappa shape index (κ1) is 21.6. The number of amides is 1. The molecule has 1 amide bonds. The molecule has 0 saturated heterocycles. The standard InChI is InChI=1S/C23H25N3O3S/c1-4-17-9-5-6-11-20(17)25-21(27)13-19-15(2)24-23(26-22(19)28)30-14-16-8-7-10-18(12-16)29-3/h5-12H,4,13-14H2,1-3H3,(H,25,27)(H,24,26,28). The number of para-hydroxylation sites is 1. The summed E-state index contributed by atoms with van der Waals surface area (Å²) < 4.78 is 5.23. The minimum Gasteiger partial charge on any atom is -0.497 e. The number of nitrogens with zero attached hydrogens (tertiary/aromatic N) is 1. The largest absolute Gasteiger partial charge is 0.497 e. The first-order valence-corrected chi connectivity index (χ1v) is 10.7. The SMILES string of the molecule is CCc1ccccc1NC(=O)Cc1c(C)nc(SCc2cccc(OC)c2)[nH]c1=O. The maximum Gasteiger partial charge on any atom is 0.255 e. The van der Waals surface area contributed by atoms with Crippen LogP contribution in [0, 0.1) is 6.92 Å². The Labute approximate surface area is 180 Å². The Morgan fingerprint density at radius 1 is 1.20 bits per heavy atom. The van der Waals surface area contributed by atoms with E-state index in [9.17, 15) is 9.59 Å². The molecule has 0 fully saturated rings. The fourth-order valence-corrected chi connectivity index (χ4v) is 3.93. The van der Waals surface area contributed by atoms with Gasteiger partial charge in [-0.25, -0.2) is 4.98 Å². The number of methoxy groups -OCH3 is 1. The summed E-state index contributed by atoms with van der Waals surface area (Å²) >= 11 is 1.43. The zero-order valence-electron chi connectivity index (χ0n) is 17.3. The van der Waals surface area contributed by atoms with Crippen molar-refractivity contribution in [2.75, 3.05) is 12.4 Å². The van der Waals surface area contributed by atoms with Crippen molar-refractivity contribution in [3.8, 4) is 5.75 Å². The Balaban J connectivity index is 1.68. The lowest BCUT2D eigenvalue weighted by Gasteiger charge is -2.11. The molecule has 0 bridgehead atoms. The quantitative estimate of drug-likeness (QED) is 0.421. The molecular formula is C23H25N3O3S. The summed E-state index contributed by atoms with van der Waals surface area (Å²) in [5.74, 6) is 1.20. The summed E-state index contributed by atoms with van der Waals surface area (Å²) in [7, 11) is 1.63. The van der Waals surface area contributed by atoms with Crippen LogP contribution in [0.15, 0.2) is 58.5 Å². The summed E-state index contributed by atoms with van der Waals surface area (Å²) in [6.45, 7) is 3.79. The minimum absolute atomic E-state index is 0.0208. The molecule has 6 nitrogen and oxygen atoms in total. The number of rotatable bonds is 8. The van der Waals surface area contributed by atoms with Crippen molar-refractivity contribution in [1.82, 2.24) is 9.97 Å². The van der Waals surface area contributed by atoms with Crippen LogP contribution in [0.25, 0.3) is 0 Å². The highest BCUT2D eigenvalue weighted by Crippen LogP contribution is 2.22. The van der Waals surface area contributed by atoms with Crippen LogP contribution in [0.1, 0.15) is 29.3 Å². The number of ether oxygens (including phenoxy) is 1. The Bertz CT molecular complexity index is 1100. The third kappa shape index (κ3) is 5.51. The van der Waals surface area contributed by atoms with Crippen LogP contribution in [-0.2, 0) is 23.4 Å². The number of aromatic nitrogens is 2. The van der Waals surface area contributed by atoms with E-state index >= 15 is 0 Å². The molecule has 0 saturated carbocycles. The van der Waals surface area contributed by atoms with E-state index in [1.807, 2.05) is 55.5 Å². The van der Waals surface area contributed by atoms with E-state index < -0.39 is 0 Å². The van der Waals surface area contributed by atoms with Crippen LogP contribution >= 0.6 is 11.8 Å². The first-order valence-electron chi connectivity index (χ1n) is 9.73. The second kappa shape index (κ2) is 10.1. The van der Waals surface area contributed by atoms with Gasteiger partial charge in [-0.1, -0.05) is 49.0 Å². The lowest BCUT2D eigenvalue weighted by atomic mass is 10.1. The number of benzene rings is 2. The molecule has 1 heterocycles. The van der Waals surface area contributed by atoms with Gasteiger partial charge in [0.05, 0.1) is 13.5 Å². The molecule has 2 aromatic carbocycles. The molecule has 0 aliphatic rings. The average Bonchev–Trinajstić information content (AvgIpc) is 2.75. The monoisotopic (exact) mass is 423 g/mol. The van der Waals surface area contributed by atoms with Gasteiger partial charge in [-0.15, -0.1) is 0 Å². The van der Waals surface area contributed by atoms with Crippen LogP contribution in [-0.4, -0.2) is 23.0 Å². The third-order valence-corrected chi connectivity index (χ3v) is 5.66. The molecule has 3 rings (SSSR count). The zero-order valence-corrected chi connectivity index (χ0v) is 18.1. The van der Waals surface area contributed by atoms with E-state index in [0.717, 1.165) is 29.0 Å². The van der Waals surface area contributed by atoms with Gasteiger partial charge in [0.2, 0.25) is 5.91 Å². The predicted octanol–water partition coefficient (Wildman–Crippen LogP) is 4.12. The van der Waals surface area contributed by atoms with Gasteiger partial charge in [-0.3, -0.25) is 9.59 Å². The number of aromatic amines is 1. The Morgan fingerprint density at radius 2 is 2.00 bits per heavy atom. The number of carbonyl (C=O) groups is 1. The molecule has 0 aliphatic carbocycles. The van der Waals surface area contributed by atoms with Crippen LogP contribution in [0.4, 0.5) is 5.69 Å². The number of hydrogen-bond acceptors (Lipinski definition) is 5. The molecule has 2 N–H and O–H groups in total. The van der Waals surface area contributed by atoms with E-state index in [4.69, 9.17) is 4.74 Å². The van der Waals surface area contributed by atoms with Crippen molar-refractivity contribution in [1.29, 1.82) is 0 Å². The molecule has 0 radical (unpaired) electrons. The summed E-state index contributed by atoms with van der Waals surface area (Å²) in [5, 5.41) is 3.43. The van der Waals surface area contributed by atoms with Gasteiger partial charge in [0, 0.05) is 22.7 Å². The van der Waals surface area contributed by atoms with E-state index in [2.05, 4.69) is 15.3 Å². The van der Waals surface area contributed by atoms with Crippen LogP contribution < -0.4 is 15.6 Å². The minimum atomic E-state index is -0.283. The fourth-order valence-electron chi connectivity index (χ4n) is 3.08. The fraction of sp³-hybridized carbons (Fsp3) is 0.261. The van der Waals surface area contributed by atoms with Gasteiger partial charge in [-0.2, -0.15) is 0 Å². The number of carbonyl (C=O) groups excluding carboxylic acids is 1. The maximum atomic E-state index is 12.6. The van der Waals surface area contributed by atoms with Crippen LogP contribution in [0.5, 0.6) is 5.75 Å². The lowest BCUT2D eigenvalue weighted by molar-refractivity contribution is -0.115. The molecule has 0 unspecified atom stereocenters. The summed E-state index contributed by atoms with van der Waals surface area (Å²) in [5.41, 5.74) is 3.56. The van der Waals surface area contributed by atoms with Gasteiger partial charge in [0.25, 0.3) is 5.56 Å². The molecule has 3 aromatic rings. The van der Waals surface area contributed by atoms with Crippen molar-refractivity contribution in [2.24, 2.45) is 0 Å². The summed E-state index contributed by atoms with van der Waals surface area (Å²) in [6, 6.07) is 15.4. The van der Waals surface area contributed by atoms with Crippen LogP contribution in [0.2, 0.25) is 0 Å². The van der Waals surface area contributed by atoms with E-state index in [1.165, 1.54) is 11.8 Å². The highest BCUT2D eigenvalue weighted by molar-refractivity contribution is 7.98. The lowest BCUT2D eigenvalue weighted by Crippen LogP contribution is -2.24. The highest BCUT2D eigenvalue weighted by Gasteiger charge is 2.14. The molecule has 156 valence electrons. The maximum absolute atomic E-state index is 12.6. The zero-order chi connectivity index (χ0) is 21.5. The number of hydrogen-bond donors (Lipinski definition) is 2. The number of nitrogens with one attached hydrogen (secondary N) is 2. The molecule has 7 heteroatoms. The summed E-state index contributed by atoms with van der Waals surface area (Å²) in [6.07, 6.45) is 0.796. The van der Waals surface area contributed by atoms with Crippen molar-refractivity contribution in [2.45, 2.75) is 37.6 Å². The Kier molecular flexibility index (Phi) is 7.30. The van der Waals surface area contributed by atoms with Crippen molar-refractivity contribution >= 4 is 23.4 Å². The molecule has 0 atom stereocenters. The van der Waals surface area contributed by atoms with Gasteiger partial charge in [0.1, 0.15) is 5.75 Å². The Morgan fingerprint density at radius 3 is 2.73 bits per heavy atom. The molecule has 1 aromatic heterocycles. The van der Waals surface area contributed by atoms with Gasteiger partial charge in [-0.05, 0) is 42.7 Å². The van der Waals surface area contributed by atoms with Gasteiger partial charge >= 0.3 is 0 Å². The van der Waals surface area contributed by atoms with Crippen molar-refractivity contribution in [3.63, 3.8) is 0 Å². The number of H-pyrrole nitrogens is 1. The van der Waals surface area contributed by atoms with E-state index in [0.29, 0.717) is 22.2 Å². The molecule has 30 heavy (non-hydrogen) atoms. The van der Waals surface area contributed by atoms with Crippen molar-refractivity contribution in [3.05, 3.63) is 81.3 Å². The summed E-state index contributed by atoms with van der Waals surface area (Å²) in [4.78, 5) is 32.4. The van der Waals surface area contributed by atoms with E-state index in [1.54, 1.807) is 14.0 Å². The smallest absolute Gasteiger partial charge is 0.255 e. The third-order valence-electron chi connectivity index (χ3n) is 4.72. The molecular weight excluding hydrogens is 398 g/mol. The van der Waals surface area contributed by atoms with Crippen LogP contribution in [0.3, 0.4) is 0 Å². The van der Waals surface area contributed by atoms with Gasteiger partial charge in [0.15, 0.2) is 5.16 Å². The Hall–Kier alpha value is -3.06. The second-order valence-electron chi connectivity index (χ2n) is 6.81. The number of aryl methyl sites for hydroxylation is 2. The number of anilines is 1. The predicted molar refractivity (Wildman–Crippen MR) is 120 cm³/mol. The van der Waals surface area contributed by atoms with Gasteiger partial charge < -0.3 is 15.0 Å². The second-order valence-corrected chi connectivity index (χ2v) is 7.77. The van der Waals surface area contributed by atoms with Crippen molar-refractivity contribution < 1.29 is 9.53 Å². The highest BCUT2D eigenvalue weighted by atomic mass is 32.2. The number of thioether (sulfide) groups is 1. The molecule has 0 spiro atoms. The van der Waals surface area contributed by atoms with E-state index in [-0.39, 0.29) is 17.9 Å². The topological polar surface area (TPSA) is 84.1 Å². The first-order chi connectivity index (χ1) is 14.5.